The molecule has 1 saturated carbocycles. The van der Waals surface area contributed by atoms with E-state index >= 15 is 0 Å². The molecule has 2 rings (SSSR count). The van der Waals surface area contributed by atoms with Gasteiger partial charge in [-0.2, -0.15) is 0 Å². The van der Waals surface area contributed by atoms with Gasteiger partial charge in [0.25, 0.3) is 11.6 Å². The maximum Gasteiger partial charge on any atom is 0.270 e. The number of nitrogens with two attached hydrogens (primary N) is 1. The van der Waals surface area contributed by atoms with Crippen LogP contribution in [0.4, 0.5) is 11.4 Å². The van der Waals surface area contributed by atoms with Crippen LogP contribution in [0.5, 0.6) is 0 Å². The first-order valence-corrected chi connectivity index (χ1v) is 6.65. The van der Waals surface area contributed by atoms with Gasteiger partial charge in [0, 0.05) is 18.7 Å². The van der Waals surface area contributed by atoms with Gasteiger partial charge in [-0.05, 0) is 18.4 Å². The van der Waals surface area contributed by atoms with Crippen LogP contribution in [-0.2, 0) is 0 Å². The lowest BCUT2D eigenvalue weighted by atomic mass is 9.83. The van der Waals surface area contributed by atoms with Crippen molar-refractivity contribution in [2.75, 3.05) is 12.0 Å². The van der Waals surface area contributed by atoms with Crippen LogP contribution in [0.2, 0.25) is 0 Å². The SMILES string of the molecule is NNc1ccc([N+](=O)[O-])cc1C(=O)NCCC1CCC1. The number of benzene rings is 1. The van der Waals surface area contributed by atoms with E-state index in [4.69, 9.17) is 5.84 Å². The quantitative estimate of drug-likeness (QED) is 0.417. The number of carbonyl (C=O) groups is 1. The highest BCUT2D eigenvalue weighted by Crippen LogP contribution is 2.28. The van der Waals surface area contributed by atoms with E-state index in [9.17, 15) is 14.9 Å². The fraction of sp³-hybridized carbons (Fsp3) is 0.462. The average Bonchev–Trinajstić information content (AvgIpc) is 2.40. The van der Waals surface area contributed by atoms with Crippen molar-refractivity contribution in [2.24, 2.45) is 11.8 Å². The predicted octanol–water partition coefficient (Wildman–Crippen LogP) is 1.80. The molecule has 20 heavy (non-hydrogen) atoms. The fourth-order valence-electron chi connectivity index (χ4n) is 2.23. The number of nitrogens with zero attached hydrogens (tertiary/aromatic N) is 1. The van der Waals surface area contributed by atoms with Crippen LogP contribution < -0.4 is 16.6 Å². The van der Waals surface area contributed by atoms with Crippen LogP contribution in [0.25, 0.3) is 0 Å². The van der Waals surface area contributed by atoms with E-state index < -0.39 is 4.92 Å². The summed E-state index contributed by atoms with van der Waals surface area (Å²) in [5.41, 5.74) is 2.81. The number of carbonyl (C=O) groups excluding carboxylic acids is 1. The first-order chi connectivity index (χ1) is 9.61. The first-order valence-electron chi connectivity index (χ1n) is 6.65. The zero-order chi connectivity index (χ0) is 14.5. The van der Waals surface area contributed by atoms with Crippen molar-refractivity contribution in [3.05, 3.63) is 33.9 Å². The largest absolute Gasteiger partial charge is 0.352 e. The molecule has 0 spiro atoms. The van der Waals surface area contributed by atoms with E-state index in [0.717, 1.165) is 6.42 Å². The highest BCUT2D eigenvalue weighted by Gasteiger charge is 2.19. The van der Waals surface area contributed by atoms with E-state index in [0.29, 0.717) is 18.2 Å². The van der Waals surface area contributed by atoms with E-state index in [1.54, 1.807) is 0 Å². The molecule has 0 unspecified atom stereocenters. The highest BCUT2D eigenvalue weighted by atomic mass is 16.6. The Morgan fingerprint density at radius 2 is 2.20 bits per heavy atom. The summed E-state index contributed by atoms with van der Waals surface area (Å²) < 4.78 is 0. The Hall–Kier alpha value is -2.15. The van der Waals surface area contributed by atoms with Gasteiger partial charge in [0.2, 0.25) is 0 Å². The molecule has 7 heteroatoms. The number of nitrogens with one attached hydrogen (secondary N) is 2. The second-order valence-electron chi connectivity index (χ2n) is 4.97. The summed E-state index contributed by atoms with van der Waals surface area (Å²) in [6.07, 6.45) is 4.67. The molecule has 7 nitrogen and oxygen atoms in total. The average molecular weight is 278 g/mol. The molecule has 0 aromatic heterocycles. The lowest BCUT2D eigenvalue weighted by Crippen LogP contribution is -2.28. The normalized spacial score (nSPS) is 14.4. The number of hydrogen-bond acceptors (Lipinski definition) is 5. The molecule has 0 bridgehead atoms. The number of nitro benzene ring substituents is 1. The summed E-state index contributed by atoms with van der Waals surface area (Å²) in [6.45, 7) is 0.580. The Morgan fingerprint density at radius 1 is 1.45 bits per heavy atom. The summed E-state index contributed by atoms with van der Waals surface area (Å²) in [7, 11) is 0. The summed E-state index contributed by atoms with van der Waals surface area (Å²) >= 11 is 0. The van der Waals surface area contributed by atoms with E-state index in [2.05, 4.69) is 10.7 Å². The second-order valence-corrected chi connectivity index (χ2v) is 4.97. The van der Waals surface area contributed by atoms with Gasteiger partial charge in [-0.1, -0.05) is 19.3 Å². The van der Waals surface area contributed by atoms with Crippen molar-refractivity contribution in [1.29, 1.82) is 0 Å². The highest BCUT2D eigenvalue weighted by molar-refractivity contribution is 6.00. The maximum atomic E-state index is 12.1. The van der Waals surface area contributed by atoms with Crippen LogP contribution >= 0.6 is 0 Å². The van der Waals surface area contributed by atoms with Crippen LogP contribution in [0.15, 0.2) is 18.2 Å². The minimum absolute atomic E-state index is 0.131. The van der Waals surface area contributed by atoms with Crippen molar-refractivity contribution >= 4 is 17.3 Å². The van der Waals surface area contributed by atoms with Crippen molar-refractivity contribution < 1.29 is 9.72 Å². The minimum Gasteiger partial charge on any atom is -0.352 e. The number of non-ortho nitro benzene ring substituents is 1. The first kappa shape index (κ1) is 14.3. The van der Waals surface area contributed by atoms with Gasteiger partial charge in [0.1, 0.15) is 0 Å². The number of nitrogen functional groups attached to an aromatic ring is 1. The Kier molecular flexibility index (Phi) is 4.52. The number of amides is 1. The molecule has 0 saturated heterocycles. The minimum atomic E-state index is -0.536. The van der Waals surface area contributed by atoms with E-state index in [1.165, 1.54) is 37.5 Å². The van der Waals surface area contributed by atoms with Crippen molar-refractivity contribution in [2.45, 2.75) is 25.7 Å². The Balaban J connectivity index is 2.02. The molecule has 1 aliphatic rings. The van der Waals surface area contributed by atoms with Gasteiger partial charge in [0.05, 0.1) is 16.2 Å². The zero-order valence-electron chi connectivity index (χ0n) is 11.1. The molecule has 108 valence electrons. The van der Waals surface area contributed by atoms with Crippen LogP contribution in [0, 0.1) is 16.0 Å². The second kappa shape index (κ2) is 6.33. The molecule has 0 aliphatic heterocycles. The van der Waals surface area contributed by atoms with Gasteiger partial charge in [-0.15, -0.1) is 0 Å². The molecule has 0 heterocycles. The summed E-state index contributed by atoms with van der Waals surface area (Å²) in [5, 5.41) is 13.5. The van der Waals surface area contributed by atoms with E-state index in [-0.39, 0.29) is 17.2 Å². The van der Waals surface area contributed by atoms with Gasteiger partial charge in [0.15, 0.2) is 0 Å². The monoisotopic (exact) mass is 278 g/mol. The molecule has 1 aliphatic carbocycles. The number of hydrogen-bond donors (Lipinski definition) is 3. The van der Waals surface area contributed by atoms with Crippen LogP contribution in [0.1, 0.15) is 36.0 Å². The molecular weight excluding hydrogens is 260 g/mol. The molecule has 1 aromatic rings. The Morgan fingerprint density at radius 3 is 2.75 bits per heavy atom. The molecule has 4 N–H and O–H groups in total. The summed E-state index contributed by atoms with van der Waals surface area (Å²) in [4.78, 5) is 22.3. The maximum absolute atomic E-state index is 12.1. The van der Waals surface area contributed by atoms with Gasteiger partial charge < -0.3 is 10.7 Å². The molecule has 1 amide bonds. The smallest absolute Gasteiger partial charge is 0.270 e. The molecule has 0 atom stereocenters. The van der Waals surface area contributed by atoms with Crippen LogP contribution in [0.3, 0.4) is 0 Å². The number of anilines is 1. The third kappa shape index (κ3) is 3.24. The van der Waals surface area contributed by atoms with Gasteiger partial charge >= 0.3 is 0 Å². The fourth-order valence-corrected chi connectivity index (χ4v) is 2.23. The predicted molar refractivity (Wildman–Crippen MR) is 75.2 cm³/mol. The lowest BCUT2D eigenvalue weighted by Gasteiger charge is -2.25. The topological polar surface area (TPSA) is 110 Å². The van der Waals surface area contributed by atoms with Gasteiger partial charge in [-0.25, -0.2) is 0 Å². The third-order valence-corrected chi connectivity index (χ3v) is 3.68. The standard InChI is InChI=1S/C13H18N4O3/c14-16-12-5-4-10(17(19)20)8-11(12)13(18)15-7-6-9-2-1-3-9/h4-5,8-9,16H,1-3,6-7,14H2,(H,15,18). The molecular formula is C13H18N4O3. The third-order valence-electron chi connectivity index (χ3n) is 3.68. The number of hydrazine groups is 1. The molecule has 0 radical (unpaired) electrons. The van der Waals surface area contributed by atoms with Crippen molar-refractivity contribution in [3.8, 4) is 0 Å². The van der Waals surface area contributed by atoms with Crippen molar-refractivity contribution in [1.82, 2.24) is 5.32 Å². The number of nitro groups is 1. The number of rotatable bonds is 6. The summed E-state index contributed by atoms with van der Waals surface area (Å²) in [6, 6.07) is 3.97. The lowest BCUT2D eigenvalue weighted by molar-refractivity contribution is -0.384. The zero-order valence-corrected chi connectivity index (χ0v) is 11.1. The van der Waals surface area contributed by atoms with Crippen LogP contribution in [-0.4, -0.2) is 17.4 Å². The van der Waals surface area contributed by atoms with Gasteiger partial charge in [-0.3, -0.25) is 20.8 Å². The Labute approximate surface area is 116 Å². The molecule has 1 aromatic carbocycles. The van der Waals surface area contributed by atoms with Crippen molar-refractivity contribution in [3.63, 3.8) is 0 Å². The molecule has 1 fully saturated rings. The van der Waals surface area contributed by atoms with E-state index in [1.807, 2.05) is 0 Å². The summed E-state index contributed by atoms with van der Waals surface area (Å²) in [5.74, 6) is 5.68. The Bertz CT molecular complexity index is 514.